The Labute approximate surface area is 197 Å². The molecule has 34 heavy (non-hydrogen) atoms. The van der Waals surface area contributed by atoms with E-state index in [1.54, 1.807) is 30.3 Å². The van der Waals surface area contributed by atoms with Crippen LogP contribution in [0.3, 0.4) is 0 Å². The summed E-state index contributed by atoms with van der Waals surface area (Å²) in [7, 11) is 0. The van der Waals surface area contributed by atoms with Crippen molar-refractivity contribution in [1.29, 1.82) is 0 Å². The maximum atomic E-state index is 13.2. The zero-order valence-electron chi connectivity index (χ0n) is 18.7. The molecule has 174 valence electrons. The molecule has 1 aliphatic heterocycles. The fraction of sp³-hybridized carbons (Fsp3) is 0.222. The Balaban J connectivity index is 1.40. The molecule has 7 heteroatoms. The third-order valence-electron chi connectivity index (χ3n) is 5.77. The van der Waals surface area contributed by atoms with E-state index in [2.05, 4.69) is 12.1 Å². The molecule has 4 N–H and O–H groups in total. The van der Waals surface area contributed by atoms with E-state index in [-0.39, 0.29) is 29.1 Å². The van der Waals surface area contributed by atoms with E-state index in [0.29, 0.717) is 17.9 Å². The zero-order valence-corrected chi connectivity index (χ0v) is 18.7. The highest BCUT2D eigenvalue weighted by Crippen LogP contribution is 2.35. The Morgan fingerprint density at radius 1 is 0.941 bits per heavy atom. The van der Waals surface area contributed by atoms with Gasteiger partial charge in [-0.1, -0.05) is 36.4 Å². The summed E-state index contributed by atoms with van der Waals surface area (Å²) in [5.41, 5.74) is 11.2. The van der Waals surface area contributed by atoms with Gasteiger partial charge in [-0.3, -0.25) is 20.1 Å². The summed E-state index contributed by atoms with van der Waals surface area (Å²) < 4.78 is 11.4. The van der Waals surface area contributed by atoms with Crippen molar-refractivity contribution in [2.24, 2.45) is 11.5 Å². The molecule has 7 nitrogen and oxygen atoms in total. The van der Waals surface area contributed by atoms with Crippen molar-refractivity contribution in [3.63, 3.8) is 0 Å². The first kappa shape index (κ1) is 23.2. The molecule has 0 aliphatic carbocycles. The summed E-state index contributed by atoms with van der Waals surface area (Å²) in [6.45, 7) is 0.577. The number of aryl methyl sites for hydroxylation is 1. The molecule has 1 amide bonds. The van der Waals surface area contributed by atoms with E-state index in [9.17, 15) is 14.4 Å². The number of fused-ring (bicyclic) bond motifs is 1. The second-order valence-corrected chi connectivity index (χ2v) is 8.28. The molecule has 0 bridgehead atoms. The van der Waals surface area contributed by atoms with E-state index in [1.165, 1.54) is 17.7 Å². The van der Waals surface area contributed by atoms with Gasteiger partial charge in [0.1, 0.15) is 11.5 Å². The number of carbonyl (C=O) groups is 3. The fourth-order valence-corrected chi connectivity index (χ4v) is 3.86. The monoisotopic (exact) mass is 458 g/mol. The summed E-state index contributed by atoms with van der Waals surface area (Å²) in [5, 5.41) is 0. The fourth-order valence-electron chi connectivity index (χ4n) is 3.86. The van der Waals surface area contributed by atoms with Crippen LogP contribution in [0.4, 0.5) is 0 Å². The molecule has 0 aromatic heterocycles. The zero-order chi connectivity index (χ0) is 24.1. The number of unbranched alkanes of at least 4 members (excludes halogenated alkanes) is 1. The predicted molar refractivity (Wildman–Crippen MR) is 127 cm³/mol. The van der Waals surface area contributed by atoms with Gasteiger partial charge in [0, 0.05) is 5.56 Å². The van der Waals surface area contributed by atoms with Gasteiger partial charge >= 0.3 is 0 Å². The van der Waals surface area contributed by atoms with Crippen molar-refractivity contribution in [2.45, 2.75) is 31.4 Å². The highest BCUT2D eigenvalue weighted by molar-refractivity contribution is 6.14. The lowest BCUT2D eigenvalue weighted by molar-refractivity contribution is -0.133. The number of rotatable bonds is 9. The van der Waals surface area contributed by atoms with Crippen LogP contribution in [-0.2, 0) is 11.2 Å². The van der Waals surface area contributed by atoms with Crippen molar-refractivity contribution < 1.29 is 23.9 Å². The highest BCUT2D eigenvalue weighted by Gasteiger charge is 2.43. The first-order chi connectivity index (χ1) is 16.4. The van der Waals surface area contributed by atoms with Crippen molar-refractivity contribution >= 4 is 17.5 Å². The minimum Gasteiger partial charge on any atom is -0.494 e. The van der Waals surface area contributed by atoms with Crippen molar-refractivity contribution in [3.05, 3.63) is 95.1 Å². The molecule has 0 spiro atoms. The molecule has 0 radical (unpaired) electrons. The van der Waals surface area contributed by atoms with Crippen LogP contribution in [0.15, 0.2) is 72.8 Å². The van der Waals surface area contributed by atoms with Crippen LogP contribution in [-0.4, -0.2) is 29.8 Å². The Morgan fingerprint density at radius 2 is 1.68 bits per heavy atom. The van der Waals surface area contributed by atoms with Gasteiger partial charge in [-0.15, -0.1) is 0 Å². The van der Waals surface area contributed by atoms with Gasteiger partial charge in [-0.05, 0) is 61.2 Å². The Hall–Kier alpha value is -3.97. The summed E-state index contributed by atoms with van der Waals surface area (Å²) in [4.78, 5) is 37.4. The average molecular weight is 459 g/mol. The number of hydrogen-bond acceptors (Lipinski definition) is 6. The Morgan fingerprint density at radius 3 is 2.38 bits per heavy atom. The number of para-hydroxylation sites is 1. The van der Waals surface area contributed by atoms with Crippen LogP contribution in [0.1, 0.15) is 51.1 Å². The number of hydrogen-bond donors (Lipinski definition) is 2. The van der Waals surface area contributed by atoms with Crippen molar-refractivity contribution in [2.75, 3.05) is 6.61 Å². The van der Waals surface area contributed by atoms with Gasteiger partial charge in [-0.2, -0.15) is 0 Å². The lowest BCUT2D eigenvalue weighted by Gasteiger charge is -2.32. The van der Waals surface area contributed by atoms with E-state index in [4.69, 9.17) is 20.9 Å². The number of ketones is 2. The van der Waals surface area contributed by atoms with Gasteiger partial charge < -0.3 is 15.2 Å². The van der Waals surface area contributed by atoms with Crippen LogP contribution >= 0.6 is 0 Å². The third kappa shape index (κ3) is 5.00. The summed E-state index contributed by atoms with van der Waals surface area (Å²) in [6, 6.07) is 21.7. The van der Waals surface area contributed by atoms with Crippen molar-refractivity contribution in [3.8, 4) is 11.5 Å². The van der Waals surface area contributed by atoms with Crippen LogP contribution in [0.2, 0.25) is 0 Å². The standard InChI is InChI=1S/C27H26N2O5/c28-26(32)27(29)17-23(30)21-10-6-11-22(25(21)34-27)24(31)19-12-14-20(15-13-19)33-16-5-4-9-18-7-2-1-3-8-18/h1-3,6-8,10-15H,4-5,9,16-17,29H2,(H2,28,32). The smallest absolute Gasteiger partial charge is 0.277 e. The van der Waals surface area contributed by atoms with Gasteiger partial charge in [0.25, 0.3) is 5.91 Å². The quantitative estimate of drug-likeness (QED) is 0.374. The van der Waals surface area contributed by atoms with Crippen LogP contribution < -0.4 is 20.9 Å². The highest BCUT2D eigenvalue weighted by atomic mass is 16.5. The third-order valence-corrected chi connectivity index (χ3v) is 5.77. The SMILES string of the molecule is NC(=O)C1(N)CC(=O)c2cccc(C(=O)c3ccc(OCCCCc4ccccc4)cc3)c2O1. The lowest BCUT2D eigenvalue weighted by atomic mass is 9.92. The molecule has 0 saturated heterocycles. The molecule has 1 heterocycles. The minimum absolute atomic E-state index is 0.0243. The van der Waals surface area contributed by atoms with Crippen molar-refractivity contribution in [1.82, 2.24) is 0 Å². The topological polar surface area (TPSA) is 122 Å². The number of amides is 1. The number of benzene rings is 3. The van der Waals surface area contributed by atoms with E-state index < -0.39 is 17.4 Å². The Bertz CT molecular complexity index is 1210. The summed E-state index contributed by atoms with van der Waals surface area (Å²) >= 11 is 0. The number of Topliss-reactive ketones (excluding diaryl/α,β-unsaturated/α-hetero) is 1. The molecule has 1 atom stereocenters. The number of primary amides is 1. The second-order valence-electron chi connectivity index (χ2n) is 8.28. The summed E-state index contributed by atoms with van der Waals surface area (Å²) in [6.07, 6.45) is 2.55. The Kier molecular flexibility index (Phi) is 6.75. The summed E-state index contributed by atoms with van der Waals surface area (Å²) in [5.74, 6) is -1.11. The largest absolute Gasteiger partial charge is 0.494 e. The van der Waals surface area contributed by atoms with Crippen LogP contribution in [0.25, 0.3) is 0 Å². The number of ether oxygens (including phenoxy) is 2. The molecule has 4 rings (SSSR count). The first-order valence-electron chi connectivity index (χ1n) is 11.1. The lowest BCUT2D eigenvalue weighted by Crippen LogP contribution is -2.59. The molecular formula is C27H26N2O5. The molecule has 3 aromatic rings. The maximum absolute atomic E-state index is 13.2. The second kappa shape index (κ2) is 9.89. The predicted octanol–water partition coefficient (Wildman–Crippen LogP) is 3.42. The average Bonchev–Trinajstić information content (AvgIpc) is 2.84. The van der Waals surface area contributed by atoms with E-state index in [0.717, 1.165) is 19.3 Å². The molecular weight excluding hydrogens is 432 g/mol. The minimum atomic E-state index is -1.99. The molecule has 1 aliphatic rings. The first-order valence-corrected chi connectivity index (χ1v) is 11.1. The number of carbonyl (C=O) groups excluding carboxylic acids is 3. The molecule has 0 fully saturated rings. The normalized spacial score (nSPS) is 16.9. The molecule has 3 aromatic carbocycles. The maximum Gasteiger partial charge on any atom is 0.277 e. The van der Waals surface area contributed by atoms with Crippen LogP contribution in [0.5, 0.6) is 11.5 Å². The van der Waals surface area contributed by atoms with Crippen LogP contribution in [0, 0.1) is 0 Å². The van der Waals surface area contributed by atoms with Gasteiger partial charge in [-0.25, -0.2) is 0 Å². The van der Waals surface area contributed by atoms with Gasteiger partial charge in [0.15, 0.2) is 11.6 Å². The number of nitrogens with two attached hydrogens (primary N) is 2. The van der Waals surface area contributed by atoms with E-state index in [1.807, 2.05) is 18.2 Å². The van der Waals surface area contributed by atoms with Gasteiger partial charge in [0.2, 0.25) is 5.72 Å². The van der Waals surface area contributed by atoms with Gasteiger partial charge in [0.05, 0.1) is 24.2 Å². The molecule has 1 unspecified atom stereocenters. The molecule has 0 saturated carbocycles. The van der Waals surface area contributed by atoms with E-state index >= 15 is 0 Å².